The molecule has 0 saturated heterocycles. The molecule has 8 nitrogen and oxygen atoms in total. The van der Waals surface area contributed by atoms with Gasteiger partial charge in [0, 0.05) is 13.1 Å². The van der Waals surface area contributed by atoms with Gasteiger partial charge in [0.25, 0.3) is 11.6 Å². The molecule has 0 N–H and O–H groups in total. The number of nitro groups is 1. The number of carbonyl (C=O) groups is 2. The zero-order chi connectivity index (χ0) is 19.3. The number of hydrogen-bond donors (Lipinski definition) is 0. The molecule has 138 valence electrons. The Kier molecular flexibility index (Phi) is 5.93. The Morgan fingerprint density at radius 3 is 2.50 bits per heavy atom. The quantitative estimate of drug-likeness (QED) is 0.454. The molecule has 2 rings (SSSR count). The van der Waals surface area contributed by atoms with Gasteiger partial charge in [0.15, 0.2) is 6.10 Å². The minimum Gasteiger partial charge on any atom is -0.449 e. The van der Waals surface area contributed by atoms with E-state index in [1.807, 2.05) is 0 Å². The number of ether oxygens (including phenoxy) is 1. The van der Waals surface area contributed by atoms with E-state index in [0.717, 1.165) is 19.3 Å². The molecule has 0 aromatic heterocycles. The number of rotatable bonds is 5. The molecule has 8 heteroatoms. The fourth-order valence-corrected chi connectivity index (χ4v) is 3.22. The third kappa shape index (κ3) is 3.82. The average Bonchev–Trinajstić information content (AvgIpc) is 2.67. The normalized spacial score (nSPS) is 16.8. The van der Waals surface area contributed by atoms with Gasteiger partial charge in [0.05, 0.1) is 11.0 Å². The second-order valence-corrected chi connectivity index (χ2v) is 6.42. The first kappa shape index (κ1) is 19.4. The van der Waals surface area contributed by atoms with E-state index in [-0.39, 0.29) is 11.3 Å². The standard InChI is InChI=1S/C18H21N3O5/c1-13(16(22)20(2)18(12-19)10-6-3-7-11-18)26-17(23)14-8-4-5-9-15(14)21(24)25/h4-5,8-9,13H,3,6-7,10-11H2,1-2H3. The van der Waals surface area contributed by atoms with E-state index in [2.05, 4.69) is 6.07 Å². The van der Waals surface area contributed by atoms with Crippen LogP contribution < -0.4 is 0 Å². The maximum absolute atomic E-state index is 12.7. The highest BCUT2D eigenvalue weighted by atomic mass is 16.6. The molecule has 0 radical (unpaired) electrons. The minimum absolute atomic E-state index is 0.215. The van der Waals surface area contributed by atoms with Crippen LogP contribution in [0.25, 0.3) is 0 Å². The molecule has 1 fully saturated rings. The number of hydrogen-bond acceptors (Lipinski definition) is 6. The summed E-state index contributed by atoms with van der Waals surface area (Å²) in [6, 6.07) is 7.63. The zero-order valence-corrected chi connectivity index (χ0v) is 14.8. The van der Waals surface area contributed by atoms with Crippen molar-refractivity contribution in [2.24, 2.45) is 0 Å². The molecule has 0 spiro atoms. The van der Waals surface area contributed by atoms with Gasteiger partial charge in [-0.1, -0.05) is 31.4 Å². The fraction of sp³-hybridized carbons (Fsp3) is 0.500. The first-order valence-corrected chi connectivity index (χ1v) is 8.46. The van der Waals surface area contributed by atoms with E-state index in [1.165, 1.54) is 43.1 Å². The molecule has 1 aliphatic rings. The van der Waals surface area contributed by atoms with Crippen LogP contribution >= 0.6 is 0 Å². The fourth-order valence-electron chi connectivity index (χ4n) is 3.22. The van der Waals surface area contributed by atoms with Crippen LogP contribution in [0.15, 0.2) is 24.3 Å². The van der Waals surface area contributed by atoms with Crippen molar-refractivity contribution in [3.63, 3.8) is 0 Å². The summed E-state index contributed by atoms with van der Waals surface area (Å²) >= 11 is 0. The largest absolute Gasteiger partial charge is 0.449 e. The Morgan fingerprint density at radius 2 is 1.92 bits per heavy atom. The summed E-state index contributed by atoms with van der Waals surface area (Å²) in [5, 5.41) is 20.6. The maximum Gasteiger partial charge on any atom is 0.345 e. The Bertz CT molecular complexity index is 749. The average molecular weight is 359 g/mol. The van der Waals surface area contributed by atoms with Crippen LogP contribution in [0.3, 0.4) is 0 Å². The number of nitrogens with zero attached hydrogens (tertiary/aromatic N) is 3. The summed E-state index contributed by atoms with van der Waals surface area (Å²) in [5.74, 6) is -1.44. The summed E-state index contributed by atoms with van der Waals surface area (Å²) in [4.78, 5) is 36.6. The number of amides is 1. The molecule has 0 aliphatic heterocycles. The molecular formula is C18H21N3O5. The molecule has 1 atom stereocenters. The number of nitro benzene ring substituents is 1. The lowest BCUT2D eigenvalue weighted by Crippen LogP contribution is -2.53. The molecule has 1 saturated carbocycles. The van der Waals surface area contributed by atoms with Crippen LogP contribution in [0.1, 0.15) is 49.4 Å². The molecule has 0 heterocycles. The van der Waals surface area contributed by atoms with Gasteiger partial charge in [-0.25, -0.2) is 4.79 Å². The third-order valence-corrected chi connectivity index (χ3v) is 4.81. The SMILES string of the molecule is CC(OC(=O)c1ccccc1[N+](=O)[O-])C(=O)N(C)C1(C#N)CCCCC1. The number of carbonyl (C=O) groups excluding carboxylic acids is 2. The number of likely N-dealkylation sites (N-methyl/N-ethyl adjacent to an activating group) is 1. The van der Waals surface area contributed by atoms with Crippen molar-refractivity contribution >= 4 is 17.6 Å². The molecule has 1 unspecified atom stereocenters. The Labute approximate surface area is 151 Å². The summed E-state index contributed by atoms with van der Waals surface area (Å²) in [6.45, 7) is 1.40. The van der Waals surface area contributed by atoms with Crippen molar-refractivity contribution in [3.8, 4) is 6.07 Å². The second-order valence-electron chi connectivity index (χ2n) is 6.42. The highest BCUT2D eigenvalue weighted by Gasteiger charge is 2.41. The Hall–Kier alpha value is -2.95. The number of benzene rings is 1. The van der Waals surface area contributed by atoms with Crippen LogP contribution in [0.2, 0.25) is 0 Å². The topological polar surface area (TPSA) is 114 Å². The van der Waals surface area contributed by atoms with Crippen LogP contribution in [-0.2, 0) is 9.53 Å². The predicted octanol–water partition coefficient (Wildman–Crippen LogP) is 2.82. The van der Waals surface area contributed by atoms with Crippen molar-refractivity contribution in [1.29, 1.82) is 5.26 Å². The first-order chi connectivity index (χ1) is 12.3. The predicted molar refractivity (Wildman–Crippen MR) is 92.2 cm³/mol. The van der Waals surface area contributed by atoms with Crippen molar-refractivity contribution in [3.05, 3.63) is 39.9 Å². The van der Waals surface area contributed by atoms with E-state index < -0.39 is 28.4 Å². The molecule has 1 aliphatic carbocycles. The van der Waals surface area contributed by atoms with Crippen LogP contribution in [-0.4, -0.2) is 40.4 Å². The van der Waals surface area contributed by atoms with Gasteiger partial charge in [-0.3, -0.25) is 14.9 Å². The lowest BCUT2D eigenvalue weighted by Gasteiger charge is -2.39. The van der Waals surface area contributed by atoms with Crippen LogP contribution in [0.4, 0.5) is 5.69 Å². The van der Waals surface area contributed by atoms with Crippen molar-refractivity contribution in [2.75, 3.05) is 7.05 Å². The van der Waals surface area contributed by atoms with Crippen LogP contribution in [0.5, 0.6) is 0 Å². The van der Waals surface area contributed by atoms with E-state index in [9.17, 15) is 25.0 Å². The van der Waals surface area contributed by atoms with Crippen molar-refractivity contribution in [2.45, 2.75) is 50.7 Å². The Balaban J connectivity index is 2.13. The summed E-state index contributed by atoms with van der Waals surface area (Å²) in [7, 11) is 1.53. The lowest BCUT2D eigenvalue weighted by molar-refractivity contribution is -0.385. The Morgan fingerprint density at radius 1 is 1.31 bits per heavy atom. The number of para-hydroxylation sites is 1. The van der Waals surface area contributed by atoms with Gasteiger partial charge >= 0.3 is 5.97 Å². The van der Waals surface area contributed by atoms with Gasteiger partial charge < -0.3 is 9.64 Å². The summed E-state index contributed by atoms with van der Waals surface area (Å²) in [5.41, 5.74) is -1.49. The summed E-state index contributed by atoms with van der Waals surface area (Å²) < 4.78 is 5.15. The van der Waals surface area contributed by atoms with Gasteiger partial charge in [-0.2, -0.15) is 5.26 Å². The number of esters is 1. The molecule has 26 heavy (non-hydrogen) atoms. The number of nitriles is 1. The summed E-state index contributed by atoms with van der Waals surface area (Å²) in [6.07, 6.45) is 2.74. The zero-order valence-electron chi connectivity index (χ0n) is 14.8. The molecule has 0 bridgehead atoms. The van der Waals surface area contributed by atoms with Crippen LogP contribution in [0, 0.1) is 21.4 Å². The van der Waals surface area contributed by atoms with E-state index in [1.54, 1.807) is 0 Å². The van der Waals surface area contributed by atoms with E-state index in [0.29, 0.717) is 12.8 Å². The molecule has 1 amide bonds. The minimum atomic E-state index is -1.15. The van der Waals surface area contributed by atoms with Gasteiger partial charge in [-0.05, 0) is 25.8 Å². The van der Waals surface area contributed by atoms with Crippen molar-refractivity contribution in [1.82, 2.24) is 4.90 Å². The maximum atomic E-state index is 12.7. The molecule has 1 aromatic carbocycles. The van der Waals surface area contributed by atoms with Gasteiger partial charge in [0.1, 0.15) is 11.1 Å². The van der Waals surface area contributed by atoms with Gasteiger partial charge in [-0.15, -0.1) is 0 Å². The molecule has 1 aromatic rings. The van der Waals surface area contributed by atoms with E-state index in [4.69, 9.17) is 4.74 Å². The highest BCUT2D eigenvalue weighted by molar-refractivity contribution is 5.95. The molecular weight excluding hydrogens is 338 g/mol. The first-order valence-electron chi connectivity index (χ1n) is 8.46. The van der Waals surface area contributed by atoms with Gasteiger partial charge in [0.2, 0.25) is 0 Å². The monoisotopic (exact) mass is 359 g/mol. The van der Waals surface area contributed by atoms with E-state index >= 15 is 0 Å². The highest BCUT2D eigenvalue weighted by Crippen LogP contribution is 2.33. The smallest absolute Gasteiger partial charge is 0.345 e. The second kappa shape index (κ2) is 7.95. The third-order valence-electron chi connectivity index (χ3n) is 4.81. The van der Waals surface area contributed by atoms with Crippen molar-refractivity contribution < 1.29 is 19.2 Å². The lowest BCUT2D eigenvalue weighted by atomic mass is 9.81.